The maximum atomic E-state index is 12.4. The van der Waals surface area contributed by atoms with Gasteiger partial charge >= 0.3 is 0 Å². The number of aliphatic hydroxyl groups is 1. The fourth-order valence-corrected chi connectivity index (χ4v) is 3.14. The molecule has 3 atom stereocenters. The number of aliphatic hydroxyl groups excluding tert-OH is 1. The molecule has 3 aliphatic rings. The van der Waals surface area contributed by atoms with Crippen molar-refractivity contribution in [3.8, 4) is 0 Å². The molecule has 5 heteroatoms. The van der Waals surface area contributed by atoms with Gasteiger partial charge in [-0.1, -0.05) is 6.92 Å². The number of amides is 2. The van der Waals surface area contributed by atoms with Crippen LogP contribution in [0.25, 0.3) is 0 Å². The van der Waals surface area contributed by atoms with Crippen molar-refractivity contribution in [2.75, 3.05) is 19.6 Å². The summed E-state index contributed by atoms with van der Waals surface area (Å²) in [6.07, 6.45) is 2.96. The lowest BCUT2D eigenvalue weighted by molar-refractivity contribution is -0.139. The molecule has 3 fully saturated rings. The Labute approximate surface area is 113 Å². The average molecular weight is 266 g/mol. The quantitative estimate of drug-likeness (QED) is 0.778. The Kier molecular flexibility index (Phi) is 3.25. The third kappa shape index (κ3) is 2.48. The minimum absolute atomic E-state index is 0.0578. The van der Waals surface area contributed by atoms with Crippen molar-refractivity contribution in [3.63, 3.8) is 0 Å². The first kappa shape index (κ1) is 12.9. The molecule has 1 saturated carbocycles. The monoisotopic (exact) mass is 266 g/mol. The number of hydrogen-bond donors (Lipinski definition) is 1. The van der Waals surface area contributed by atoms with Crippen molar-refractivity contribution < 1.29 is 14.7 Å². The van der Waals surface area contributed by atoms with E-state index in [4.69, 9.17) is 0 Å². The topological polar surface area (TPSA) is 60.9 Å². The van der Waals surface area contributed by atoms with Crippen LogP contribution in [0.5, 0.6) is 0 Å². The van der Waals surface area contributed by atoms with Gasteiger partial charge in [-0.2, -0.15) is 0 Å². The standard InChI is InChI=1S/C14H22N2O3/c1-9-4-5-15(8-12(9)17)14(19)10-6-13(18)16(7-10)11-2-3-11/h9-12,17H,2-8H2,1H3. The van der Waals surface area contributed by atoms with E-state index >= 15 is 0 Å². The summed E-state index contributed by atoms with van der Waals surface area (Å²) in [6, 6.07) is 0.400. The number of hydrogen-bond acceptors (Lipinski definition) is 3. The van der Waals surface area contributed by atoms with Crippen LogP contribution in [-0.4, -0.2) is 58.5 Å². The van der Waals surface area contributed by atoms with Crippen LogP contribution < -0.4 is 0 Å². The number of nitrogens with zero attached hydrogens (tertiary/aromatic N) is 2. The first-order chi connectivity index (χ1) is 9.06. The van der Waals surface area contributed by atoms with Crippen molar-refractivity contribution in [2.24, 2.45) is 11.8 Å². The van der Waals surface area contributed by atoms with Gasteiger partial charge in [0.2, 0.25) is 11.8 Å². The van der Waals surface area contributed by atoms with Gasteiger partial charge in [-0.15, -0.1) is 0 Å². The van der Waals surface area contributed by atoms with Crippen LogP contribution in [0.1, 0.15) is 32.6 Å². The molecule has 1 aliphatic carbocycles. The SMILES string of the molecule is CC1CCN(C(=O)C2CC(=O)N(C3CC3)C2)CC1O. The van der Waals surface area contributed by atoms with Crippen LogP contribution in [0, 0.1) is 11.8 Å². The van der Waals surface area contributed by atoms with Crippen LogP contribution in [0.15, 0.2) is 0 Å². The van der Waals surface area contributed by atoms with Gasteiger partial charge in [-0.05, 0) is 25.2 Å². The summed E-state index contributed by atoms with van der Waals surface area (Å²) in [4.78, 5) is 27.9. The number of carbonyl (C=O) groups is 2. The molecule has 2 saturated heterocycles. The zero-order chi connectivity index (χ0) is 13.6. The maximum Gasteiger partial charge on any atom is 0.228 e. The van der Waals surface area contributed by atoms with Gasteiger partial charge in [0.25, 0.3) is 0 Å². The highest BCUT2D eigenvalue weighted by molar-refractivity contribution is 5.89. The number of β-amino-alcohol motifs (C(OH)–C–C–N with tert-alkyl or cyclic N) is 1. The summed E-state index contributed by atoms with van der Waals surface area (Å²) in [5, 5.41) is 9.87. The van der Waals surface area contributed by atoms with E-state index in [9.17, 15) is 14.7 Å². The largest absolute Gasteiger partial charge is 0.391 e. The van der Waals surface area contributed by atoms with E-state index in [-0.39, 0.29) is 23.7 Å². The molecule has 2 aliphatic heterocycles. The second-order valence-corrected chi connectivity index (χ2v) is 6.30. The highest BCUT2D eigenvalue weighted by atomic mass is 16.3. The lowest BCUT2D eigenvalue weighted by Crippen LogP contribution is -2.48. The van der Waals surface area contributed by atoms with Crippen molar-refractivity contribution >= 4 is 11.8 Å². The van der Waals surface area contributed by atoms with E-state index in [1.54, 1.807) is 4.90 Å². The third-order valence-corrected chi connectivity index (χ3v) is 4.73. The normalized spacial score (nSPS) is 35.9. The van der Waals surface area contributed by atoms with E-state index < -0.39 is 6.10 Å². The van der Waals surface area contributed by atoms with Crippen molar-refractivity contribution in [1.82, 2.24) is 9.80 Å². The summed E-state index contributed by atoms with van der Waals surface area (Å²) in [7, 11) is 0. The Morgan fingerprint density at radius 1 is 1.26 bits per heavy atom. The molecule has 3 unspecified atom stereocenters. The van der Waals surface area contributed by atoms with E-state index in [0.29, 0.717) is 32.1 Å². The van der Waals surface area contributed by atoms with Gasteiger partial charge in [0.05, 0.1) is 12.0 Å². The lowest BCUT2D eigenvalue weighted by Gasteiger charge is -2.35. The maximum absolute atomic E-state index is 12.4. The van der Waals surface area contributed by atoms with Gasteiger partial charge in [-0.25, -0.2) is 0 Å². The van der Waals surface area contributed by atoms with Gasteiger partial charge < -0.3 is 14.9 Å². The Balaban J connectivity index is 1.60. The molecule has 2 heterocycles. The Bertz CT molecular complexity index is 394. The van der Waals surface area contributed by atoms with E-state index in [1.165, 1.54) is 0 Å². The Morgan fingerprint density at radius 3 is 2.63 bits per heavy atom. The van der Waals surface area contributed by atoms with Crippen molar-refractivity contribution in [2.45, 2.75) is 44.8 Å². The average Bonchev–Trinajstić information content (AvgIpc) is 3.15. The third-order valence-electron chi connectivity index (χ3n) is 4.73. The fourth-order valence-electron chi connectivity index (χ4n) is 3.14. The lowest BCUT2D eigenvalue weighted by atomic mass is 9.94. The fraction of sp³-hybridized carbons (Fsp3) is 0.857. The second-order valence-electron chi connectivity index (χ2n) is 6.30. The molecule has 0 aromatic rings. The van der Waals surface area contributed by atoms with Crippen LogP contribution in [-0.2, 0) is 9.59 Å². The molecule has 19 heavy (non-hydrogen) atoms. The molecule has 3 rings (SSSR count). The first-order valence-corrected chi connectivity index (χ1v) is 7.32. The second kappa shape index (κ2) is 4.78. The first-order valence-electron chi connectivity index (χ1n) is 7.32. The molecule has 106 valence electrons. The molecular weight excluding hydrogens is 244 g/mol. The Morgan fingerprint density at radius 2 is 2.00 bits per heavy atom. The molecular formula is C14H22N2O3. The molecule has 1 N–H and O–H groups in total. The van der Waals surface area contributed by atoms with Crippen LogP contribution >= 0.6 is 0 Å². The molecule has 0 aromatic heterocycles. The molecule has 5 nitrogen and oxygen atoms in total. The highest BCUT2D eigenvalue weighted by Crippen LogP contribution is 2.33. The molecule has 0 spiro atoms. The summed E-state index contributed by atoms with van der Waals surface area (Å²) in [5.41, 5.74) is 0. The molecule has 0 radical (unpaired) electrons. The summed E-state index contributed by atoms with van der Waals surface area (Å²) in [6.45, 7) is 3.74. The van der Waals surface area contributed by atoms with Crippen LogP contribution in [0.2, 0.25) is 0 Å². The Hall–Kier alpha value is -1.10. The molecule has 2 amide bonds. The van der Waals surface area contributed by atoms with E-state index in [1.807, 2.05) is 11.8 Å². The van der Waals surface area contributed by atoms with Gasteiger partial charge in [0.1, 0.15) is 0 Å². The van der Waals surface area contributed by atoms with Crippen LogP contribution in [0.4, 0.5) is 0 Å². The van der Waals surface area contributed by atoms with Gasteiger partial charge in [0.15, 0.2) is 0 Å². The predicted octanol–water partition coefficient (Wildman–Crippen LogP) is 0.227. The highest BCUT2D eigenvalue weighted by Gasteiger charge is 2.43. The zero-order valence-corrected chi connectivity index (χ0v) is 11.4. The summed E-state index contributed by atoms with van der Waals surface area (Å²) < 4.78 is 0. The smallest absolute Gasteiger partial charge is 0.228 e. The van der Waals surface area contributed by atoms with Crippen LogP contribution in [0.3, 0.4) is 0 Å². The van der Waals surface area contributed by atoms with Crippen molar-refractivity contribution in [3.05, 3.63) is 0 Å². The predicted molar refractivity (Wildman–Crippen MR) is 69.2 cm³/mol. The summed E-state index contributed by atoms with van der Waals surface area (Å²) in [5.74, 6) is 0.264. The number of rotatable bonds is 2. The minimum atomic E-state index is -0.422. The van der Waals surface area contributed by atoms with Gasteiger partial charge in [-0.3, -0.25) is 9.59 Å². The number of piperidine rings is 1. The molecule has 0 bridgehead atoms. The minimum Gasteiger partial charge on any atom is -0.391 e. The number of carbonyl (C=O) groups excluding carboxylic acids is 2. The zero-order valence-electron chi connectivity index (χ0n) is 11.4. The van der Waals surface area contributed by atoms with E-state index in [0.717, 1.165) is 19.3 Å². The number of likely N-dealkylation sites (tertiary alicyclic amines) is 2. The van der Waals surface area contributed by atoms with E-state index in [2.05, 4.69) is 0 Å². The molecule has 0 aromatic carbocycles. The van der Waals surface area contributed by atoms with Crippen molar-refractivity contribution in [1.29, 1.82) is 0 Å². The summed E-state index contributed by atoms with van der Waals surface area (Å²) >= 11 is 0. The van der Waals surface area contributed by atoms with Gasteiger partial charge in [0, 0.05) is 32.1 Å².